The van der Waals surface area contributed by atoms with E-state index in [0.29, 0.717) is 35.3 Å². The van der Waals surface area contributed by atoms with Gasteiger partial charge in [-0.25, -0.2) is 15.0 Å². The highest BCUT2D eigenvalue weighted by Crippen LogP contribution is 2.34. The van der Waals surface area contributed by atoms with Crippen LogP contribution in [0.4, 0.5) is 5.95 Å². The number of hydrogen-bond acceptors (Lipinski definition) is 9. The summed E-state index contributed by atoms with van der Waals surface area (Å²) in [5.74, 6) is 0.0329. The lowest BCUT2D eigenvalue weighted by molar-refractivity contribution is -0.144. The van der Waals surface area contributed by atoms with Crippen molar-refractivity contribution in [3.63, 3.8) is 0 Å². The van der Waals surface area contributed by atoms with E-state index < -0.39 is 11.5 Å². The molecule has 0 spiro atoms. The van der Waals surface area contributed by atoms with Gasteiger partial charge in [0.15, 0.2) is 5.76 Å². The molecule has 1 saturated heterocycles. The highest BCUT2D eigenvalue weighted by molar-refractivity contribution is 5.87. The zero-order valence-electron chi connectivity index (χ0n) is 19.0. The number of likely N-dealkylation sites (tertiary alicyclic amines) is 1. The van der Waals surface area contributed by atoms with Gasteiger partial charge in [-0.2, -0.15) is 0 Å². The van der Waals surface area contributed by atoms with Gasteiger partial charge in [0.25, 0.3) is 5.91 Å². The quantitative estimate of drug-likeness (QED) is 0.370. The van der Waals surface area contributed by atoms with Gasteiger partial charge in [0.1, 0.15) is 5.69 Å². The molecule has 3 N–H and O–H groups in total. The summed E-state index contributed by atoms with van der Waals surface area (Å²) in [6.45, 7) is 0.315. The molecule has 4 aromatic rings. The normalized spacial score (nSPS) is 18.6. The van der Waals surface area contributed by atoms with Crippen molar-refractivity contribution < 1.29 is 19.5 Å². The number of benzene rings is 1. The van der Waals surface area contributed by atoms with Crippen molar-refractivity contribution in [2.75, 3.05) is 25.5 Å². The smallest absolute Gasteiger partial charge is 0.262 e. The molecule has 1 aliphatic rings. The zero-order valence-corrected chi connectivity index (χ0v) is 19.0. The molecule has 5 rings (SSSR count). The predicted molar refractivity (Wildman–Crippen MR) is 127 cm³/mol. The Kier molecular flexibility index (Phi) is 5.98. The zero-order chi connectivity index (χ0) is 24.4. The number of amides is 1. The average molecular weight is 473 g/mol. The number of anilines is 1. The monoisotopic (exact) mass is 472 g/mol. The molecule has 1 fully saturated rings. The third-order valence-electron chi connectivity index (χ3n) is 6.04. The van der Waals surface area contributed by atoms with Crippen LogP contribution in [-0.2, 0) is 10.4 Å². The van der Waals surface area contributed by atoms with Crippen molar-refractivity contribution in [3.05, 3.63) is 78.2 Å². The van der Waals surface area contributed by atoms with Gasteiger partial charge in [-0.05, 0) is 23.8 Å². The fourth-order valence-electron chi connectivity index (χ4n) is 4.04. The molecular formula is C25H24N6O4. The van der Waals surface area contributed by atoms with E-state index in [1.54, 1.807) is 37.5 Å². The molecule has 1 amide bonds. The molecule has 2 atom stereocenters. The molecule has 0 saturated carbocycles. The lowest BCUT2D eigenvalue weighted by atomic mass is 9.98. The third-order valence-corrected chi connectivity index (χ3v) is 6.04. The Balaban J connectivity index is 1.39. The number of pyridine rings is 1. The van der Waals surface area contributed by atoms with Gasteiger partial charge in [-0.15, -0.1) is 0 Å². The van der Waals surface area contributed by atoms with E-state index in [9.17, 15) is 15.0 Å². The minimum atomic E-state index is -1.72. The van der Waals surface area contributed by atoms with E-state index >= 15 is 0 Å². The van der Waals surface area contributed by atoms with Crippen molar-refractivity contribution >= 4 is 11.9 Å². The van der Waals surface area contributed by atoms with Crippen molar-refractivity contribution in [3.8, 4) is 22.8 Å². The van der Waals surface area contributed by atoms with E-state index in [0.717, 1.165) is 5.56 Å². The van der Waals surface area contributed by atoms with Crippen LogP contribution >= 0.6 is 0 Å². The van der Waals surface area contributed by atoms with Crippen molar-refractivity contribution in [2.45, 2.75) is 18.1 Å². The first-order chi connectivity index (χ1) is 17.0. The van der Waals surface area contributed by atoms with Crippen LogP contribution in [0.2, 0.25) is 0 Å². The van der Waals surface area contributed by atoms with Crippen LogP contribution in [0, 0.1) is 0 Å². The van der Waals surface area contributed by atoms with Gasteiger partial charge in [0.2, 0.25) is 11.5 Å². The second kappa shape index (κ2) is 9.24. The second-order valence-electron chi connectivity index (χ2n) is 8.38. The Morgan fingerprint density at radius 1 is 1.06 bits per heavy atom. The summed E-state index contributed by atoms with van der Waals surface area (Å²) in [6, 6.07) is 17.9. The molecule has 1 aromatic carbocycles. The second-order valence-corrected chi connectivity index (χ2v) is 8.38. The summed E-state index contributed by atoms with van der Waals surface area (Å²) < 4.78 is 5.34. The molecule has 3 aromatic heterocycles. The fraction of sp³-hybridized carbons (Fsp3) is 0.240. The summed E-state index contributed by atoms with van der Waals surface area (Å²) in [6.07, 6.45) is 1.85. The standard InChI is InChI=1S/C25H24N6O4/c1-31-13-11-25(34,23(31)33)22-14-20(30-35-22)18-9-5-8-17(27-18)19-10-12-26-24(28-19)29-21(15-32)16-6-3-2-4-7-16/h2-10,12,14,21,32,34H,11,13,15H2,1H3,(H,26,28,29). The van der Waals surface area contributed by atoms with Crippen LogP contribution < -0.4 is 5.32 Å². The predicted octanol–water partition coefficient (Wildman–Crippen LogP) is 2.39. The Labute approximate surface area is 201 Å². The molecule has 0 radical (unpaired) electrons. The molecule has 4 heterocycles. The molecule has 178 valence electrons. The maximum atomic E-state index is 12.4. The number of aliphatic hydroxyl groups is 2. The first-order valence-corrected chi connectivity index (χ1v) is 11.2. The number of carbonyl (C=O) groups is 1. The molecule has 35 heavy (non-hydrogen) atoms. The number of hydrogen-bond donors (Lipinski definition) is 3. The van der Waals surface area contributed by atoms with Crippen molar-refractivity contribution in [1.29, 1.82) is 0 Å². The van der Waals surface area contributed by atoms with Gasteiger partial charge in [0.05, 0.1) is 29.7 Å². The first kappa shape index (κ1) is 22.6. The van der Waals surface area contributed by atoms with E-state index in [1.165, 1.54) is 4.90 Å². The van der Waals surface area contributed by atoms with E-state index in [1.807, 2.05) is 36.4 Å². The van der Waals surface area contributed by atoms with Crippen LogP contribution in [0.3, 0.4) is 0 Å². The maximum Gasteiger partial charge on any atom is 0.262 e. The van der Waals surface area contributed by atoms with E-state index in [2.05, 4.69) is 25.4 Å². The number of rotatable bonds is 7. The van der Waals surface area contributed by atoms with Crippen molar-refractivity contribution in [2.24, 2.45) is 0 Å². The number of nitrogens with one attached hydrogen (secondary N) is 1. The molecular weight excluding hydrogens is 448 g/mol. The average Bonchev–Trinajstić information content (AvgIpc) is 3.50. The number of carbonyl (C=O) groups excluding carboxylic acids is 1. The maximum absolute atomic E-state index is 12.4. The van der Waals surface area contributed by atoms with Crippen LogP contribution in [0.25, 0.3) is 22.8 Å². The highest BCUT2D eigenvalue weighted by Gasteiger charge is 2.48. The van der Waals surface area contributed by atoms with Crippen LogP contribution in [0.5, 0.6) is 0 Å². The van der Waals surface area contributed by atoms with Gasteiger partial charge >= 0.3 is 0 Å². The Hall–Kier alpha value is -4.15. The highest BCUT2D eigenvalue weighted by atomic mass is 16.5. The minimum absolute atomic E-state index is 0.0959. The Morgan fingerprint density at radius 3 is 2.51 bits per heavy atom. The van der Waals surface area contributed by atoms with Crippen molar-refractivity contribution in [1.82, 2.24) is 25.0 Å². The van der Waals surface area contributed by atoms with Gasteiger partial charge in [-0.1, -0.05) is 41.6 Å². The summed E-state index contributed by atoms with van der Waals surface area (Å²) >= 11 is 0. The summed E-state index contributed by atoms with van der Waals surface area (Å²) in [5, 5.41) is 27.8. The summed E-state index contributed by atoms with van der Waals surface area (Å²) in [4.78, 5) is 27.3. The molecule has 0 bridgehead atoms. The molecule has 10 nitrogen and oxygen atoms in total. The van der Waals surface area contributed by atoms with E-state index in [-0.39, 0.29) is 24.8 Å². The molecule has 0 aliphatic carbocycles. The number of aromatic nitrogens is 4. The number of aliphatic hydroxyl groups excluding tert-OH is 1. The van der Waals surface area contributed by atoms with Gasteiger partial charge in [-0.3, -0.25) is 4.79 Å². The number of likely N-dealkylation sites (N-methyl/N-ethyl adjacent to an activating group) is 1. The third kappa shape index (κ3) is 4.36. The van der Waals surface area contributed by atoms with Gasteiger partial charge in [0, 0.05) is 32.3 Å². The lowest BCUT2D eigenvalue weighted by Gasteiger charge is -2.17. The SMILES string of the molecule is CN1CCC(O)(c2cc(-c3cccc(-c4ccnc(NC(CO)c5ccccc5)n4)n3)no2)C1=O. The lowest BCUT2D eigenvalue weighted by Crippen LogP contribution is -2.35. The molecule has 10 heteroatoms. The summed E-state index contributed by atoms with van der Waals surface area (Å²) in [5.41, 5.74) is 1.25. The molecule has 1 aliphatic heterocycles. The fourth-order valence-corrected chi connectivity index (χ4v) is 4.04. The minimum Gasteiger partial charge on any atom is -0.394 e. The van der Waals surface area contributed by atoms with Crippen LogP contribution in [-0.4, -0.2) is 61.3 Å². The topological polar surface area (TPSA) is 138 Å². The molecule has 2 unspecified atom stereocenters. The number of nitrogens with zero attached hydrogens (tertiary/aromatic N) is 5. The van der Waals surface area contributed by atoms with E-state index in [4.69, 9.17) is 4.52 Å². The van der Waals surface area contributed by atoms with Crippen LogP contribution in [0.1, 0.15) is 23.8 Å². The Bertz CT molecular complexity index is 1340. The largest absolute Gasteiger partial charge is 0.394 e. The van der Waals surface area contributed by atoms with Gasteiger partial charge < -0.3 is 25.0 Å². The van der Waals surface area contributed by atoms with Crippen LogP contribution in [0.15, 0.2) is 71.4 Å². The first-order valence-electron chi connectivity index (χ1n) is 11.2. The summed E-state index contributed by atoms with van der Waals surface area (Å²) in [7, 11) is 1.63. The Morgan fingerprint density at radius 2 is 1.80 bits per heavy atom.